The van der Waals surface area contributed by atoms with Gasteiger partial charge in [0.2, 0.25) is 0 Å². The summed E-state index contributed by atoms with van der Waals surface area (Å²) >= 11 is 0. The SMILES string of the molecule is CCCCN(C(=O)OCc1ccccc1)c1ccc(B(O)O)cc1. The van der Waals surface area contributed by atoms with Gasteiger partial charge in [0.25, 0.3) is 0 Å². The zero-order valence-electron chi connectivity index (χ0n) is 13.8. The van der Waals surface area contributed by atoms with Gasteiger partial charge >= 0.3 is 13.2 Å². The predicted octanol–water partition coefficient (Wildman–Crippen LogP) is 2.31. The van der Waals surface area contributed by atoms with Crippen molar-refractivity contribution in [1.82, 2.24) is 0 Å². The van der Waals surface area contributed by atoms with Gasteiger partial charge in [-0.3, -0.25) is 4.90 Å². The summed E-state index contributed by atoms with van der Waals surface area (Å²) in [7, 11) is -1.52. The number of ether oxygens (including phenoxy) is 1. The third kappa shape index (κ3) is 5.11. The van der Waals surface area contributed by atoms with Crippen LogP contribution in [0.5, 0.6) is 0 Å². The molecule has 6 heteroatoms. The van der Waals surface area contributed by atoms with Gasteiger partial charge < -0.3 is 14.8 Å². The fourth-order valence-corrected chi connectivity index (χ4v) is 2.27. The number of carbonyl (C=O) groups is 1. The van der Waals surface area contributed by atoms with Crippen LogP contribution in [0.1, 0.15) is 25.3 Å². The lowest BCUT2D eigenvalue weighted by atomic mass is 9.80. The molecule has 0 unspecified atom stereocenters. The normalized spacial score (nSPS) is 10.3. The maximum absolute atomic E-state index is 12.4. The maximum atomic E-state index is 12.4. The third-order valence-corrected chi connectivity index (χ3v) is 3.66. The van der Waals surface area contributed by atoms with Gasteiger partial charge in [-0.1, -0.05) is 55.8 Å². The molecule has 126 valence electrons. The fraction of sp³-hybridized carbons (Fsp3) is 0.278. The standard InChI is InChI=1S/C18H22BNO4/c1-2-3-13-20(17-11-9-16(10-12-17)19(22)23)18(21)24-14-15-7-5-4-6-8-15/h4-12,22-23H,2-3,13-14H2,1H3. The molecule has 0 aliphatic carbocycles. The lowest BCUT2D eigenvalue weighted by molar-refractivity contribution is 0.147. The average Bonchev–Trinajstić information content (AvgIpc) is 2.61. The molecule has 0 aromatic heterocycles. The molecule has 0 spiro atoms. The summed E-state index contributed by atoms with van der Waals surface area (Å²) in [5.41, 5.74) is 1.98. The van der Waals surface area contributed by atoms with Crippen LogP contribution in [0.15, 0.2) is 54.6 Å². The van der Waals surface area contributed by atoms with E-state index in [4.69, 9.17) is 14.8 Å². The molecular weight excluding hydrogens is 305 g/mol. The largest absolute Gasteiger partial charge is 0.488 e. The highest BCUT2D eigenvalue weighted by Gasteiger charge is 2.18. The van der Waals surface area contributed by atoms with Gasteiger partial charge in [-0.15, -0.1) is 0 Å². The highest BCUT2D eigenvalue weighted by Crippen LogP contribution is 2.16. The van der Waals surface area contributed by atoms with Crippen LogP contribution >= 0.6 is 0 Å². The van der Waals surface area contributed by atoms with E-state index >= 15 is 0 Å². The Balaban J connectivity index is 2.07. The first kappa shape index (κ1) is 18.0. The topological polar surface area (TPSA) is 70.0 Å². The quantitative estimate of drug-likeness (QED) is 0.766. The van der Waals surface area contributed by atoms with Gasteiger partial charge in [0.15, 0.2) is 0 Å². The van der Waals surface area contributed by atoms with Crippen LogP contribution in [-0.2, 0) is 11.3 Å². The van der Waals surface area contributed by atoms with Crippen LogP contribution in [0.2, 0.25) is 0 Å². The van der Waals surface area contributed by atoms with E-state index in [2.05, 4.69) is 6.92 Å². The van der Waals surface area contributed by atoms with Crippen molar-refractivity contribution >= 4 is 24.4 Å². The van der Waals surface area contributed by atoms with E-state index in [1.165, 1.54) is 0 Å². The Labute approximate surface area is 142 Å². The molecule has 0 fully saturated rings. The van der Waals surface area contributed by atoms with Gasteiger partial charge in [0.05, 0.1) is 0 Å². The molecule has 0 saturated carbocycles. The number of amides is 1. The highest BCUT2D eigenvalue weighted by atomic mass is 16.6. The summed E-state index contributed by atoms with van der Waals surface area (Å²) in [6.07, 6.45) is 1.39. The van der Waals surface area contributed by atoms with Crippen LogP contribution in [0, 0.1) is 0 Å². The van der Waals surface area contributed by atoms with Crippen LogP contribution < -0.4 is 10.4 Å². The molecule has 0 heterocycles. The molecule has 1 amide bonds. The summed E-state index contributed by atoms with van der Waals surface area (Å²) in [5, 5.41) is 18.3. The Morgan fingerprint density at radius 2 is 1.75 bits per heavy atom. The second-order valence-corrected chi connectivity index (χ2v) is 5.51. The van der Waals surface area contributed by atoms with E-state index < -0.39 is 13.2 Å². The minimum Gasteiger partial charge on any atom is -0.444 e. The Hall–Kier alpha value is -2.31. The van der Waals surface area contributed by atoms with Gasteiger partial charge in [-0.2, -0.15) is 0 Å². The Bertz CT molecular complexity index is 631. The summed E-state index contributed by atoms with van der Waals surface area (Å²) in [6.45, 7) is 2.82. The van der Waals surface area contributed by atoms with Gasteiger partial charge in [0.1, 0.15) is 6.61 Å². The summed E-state index contributed by atoms with van der Waals surface area (Å²) in [4.78, 5) is 14.0. The Morgan fingerprint density at radius 3 is 2.33 bits per heavy atom. The number of nitrogens with zero attached hydrogens (tertiary/aromatic N) is 1. The van der Waals surface area contributed by atoms with Crippen LogP contribution in [0.25, 0.3) is 0 Å². The van der Waals surface area contributed by atoms with Crippen molar-refractivity contribution in [3.63, 3.8) is 0 Å². The van der Waals surface area contributed by atoms with Gasteiger partial charge in [-0.25, -0.2) is 4.79 Å². The van der Waals surface area contributed by atoms with E-state index in [0.29, 0.717) is 17.7 Å². The Kier molecular flexibility index (Phi) is 6.84. The lowest BCUT2D eigenvalue weighted by Crippen LogP contribution is -2.34. The van der Waals surface area contributed by atoms with E-state index in [1.54, 1.807) is 29.2 Å². The van der Waals surface area contributed by atoms with Crippen LogP contribution in [-0.4, -0.2) is 29.8 Å². The van der Waals surface area contributed by atoms with Gasteiger partial charge in [-0.05, 0) is 29.6 Å². The number of anilines is 1. The van der Waals surface area contributed by atoms with E-state index in [9.17, 15) is 4.79 Å². The average molecular weight is 327 g/mol. The van der Waals surface area contributed by atoms with Crippen LogP contribution in [0.4, 0.5) is 10.5 Å². The molecule has 24 heavy (non-hydrogen) atoms. The number of carbonyl (C=O) groups excluding carboxylic acids is 1. The number of hydrogen-bond donors (Lipinski definition) is 2. The molecule has 2 rings (SSSR count). The van der Waals surface area contributed by atoms with Crippen molar-refractivity contribution in [3.05, 3.63) is 60.2 Å². The molecular formula is C18H22BNO4. The van der Waals surface area contributed by atoms with Crippen LogP contribution in [0.3, 0.4) is 0 Å². The van der Waals surface area contributed by atoms with Crippen molar-refractivity contribution < 1.29 is 19.6 Å². The molecule has 2 aromatic carbocycles. The lowest BCUT2D eigenvalue weighted by Gasteiger charge is -2.22. The zero-order valence-corrected chi connectivity index (χ0v) is 13.8. The van der Waals surface area contributed by atoms with E-state index in [-0.39, 0.29) is 6.61 Å². The molecule has 5 nitrogen and oxygen atoms in total. The first-order valence-corrected chi connectivity index (χ1v) is 8.06. The highest BCUT2D eigenvalue weighted by molar-refractivity contribution is 6.58. The van der Waals surface area contributed by atoms with E-state index in [1.807, 2.05) is 30.3 Å². The second-order valence-electron chi connectivity index (χ2n) is 5.51. The molecule has 0 bridgehead atoms. The monoisotopic (exact) mass is 327 g/mol. The van der Waals surface area contributed by atoms with E-state index in [0.717, 1.165) is 18.4 Å². The number of hydrogen-bond acceptors (Lipinski definition) is 4. The maximum Gasteiger partial charge on any atom is 0.488 e. The predicted molar refractivity (Wildman–Crippen MR) is 95.1 cm³/mol. The van der Waals surface area contributed by atoms with Gasteiger partial charge in [0, 0.05) is 12.2 Å². The Morgan fingerprint density at radius 1 is 1.08 bits per heavy atom. The van der Waals surface area contributed by atoms with Crippen molar-refractivity contribution in [2.75, 3.05) is 11.4 Å². The molecule has 0 radical (unpaired) electrons. The fourth-order valence-electron chi connectivity index (χ4n) is 2.27. The number of benzene rings is 2. The third-order valence-electron chi connectivity index (χ3n) is 3.66. The summed E-state index contributed by atoms with van der Waals surface area (Å²) in [5.74, 6) is 0. The minimum atomic E-state index is -1.52. The molecule has 2 N–H and O–H groups in total. The van der Waals surface area contributed by atoms with Crippen molar-refractivity contribution in [3.8, 4) is 0 Å². The zero-order chi connectivity index (χ0) is 17.4. The molecule has 0 aliphatic rings. The minimum absolute atomic E-state index is 0.218. The van der Waals surface area contributed by atoms with Crippen molar-refractivity contribution in [2.24, 2.45) is 0 Å². The molecule has 0 atom stereocenters. The molecule has 2 aromatic rings. The van der Waals surface area contributed by atoms with Crippen molar-refractivity contribution in [1.29, 1.82) is 0 Å². The number of rotatable bonds is 7. The summed E-state index contributed by atoms with van der Waals surface area (Å²) < 4.78 is 5.41. The first-order chi connectivity index (χ1) is 11.6. The second kappa shape index (κ2) is 9.10. The summed E-state index contributed by atoms with van der Waals surface area (Å²) in [6, 6.07) is 16.1. The number of unbranched alkanes of at least 4 members (excludes halogenated alkanes) is 1. The van der Waals surface area contributed by atoms with Crippen molar-refractivity contribution in [2.45, 2.75) is 26.4 Å². The first-order valence-electron chi connectivity index (χ1n) is 8.06. The molecule has 0 saturated heterocycles. The molecule has 0 aliphatic heterocycles. The smallest absolute Gasteiger partial charge is 0.444 e.